The molecule has 0 bridgehead atoms. The van der Waals surface area contributed by atoms with Gasteiger partial charge in [0.1, 0.15) is 0 Å². The van der Waals surface area contributed by atoms with Crippen LogP contribution in [0.25, 0.3) is 0 Å². The zero-order valence-corrected chi connectivity index (χ0v) is 15.3. The highest BCUT2D eigenvalue weighted by Crippen LogP contribution is 2.36. The molecule has 0 aliphatic carbocycles. The Balaban J connectivity index is 2.38. The lowest BCUT2D eigenvalue weighted by molar-refractivity contribution is -0.137. The molecule has 2 N–H and O–H groups in total. The summed E-state index contributed by atoms with van der Waals surface area (Å²) in [7, 11) is -2.64. The molecule has 2 aromatic carbocycles. The number of rotatable bonds is 4. The molecule has 0 aliphatic rings. The Bertz CT molecular complexity index is 963. The Labute approximate surface area is 157 Å². The van der Waals surface area contributed by atoms with Crippen LogP contribution in [0.2, 0.25) is 10.0 Å². The average molecular weight is 427 g/mol. The van der Waals surface area contributed by atoms with Crippen LogP contribution in [0.15, 0.2) is 41.3 Å². The standard InChI is InChI=1S/C15H11Cl2F3N2O3S/c1-21-26(24,25)9-3-5-12(16)10(7-9)14(23)22-8-2-4-13(17)11(6-8)15(18,19)20/h2-7,21H,1H3,(H,22,23). The predicted octanol–water partition coefficient (Wildman–Crippen LogP) is 4.17. The van der Waals surface area contributed by atoms with E-state index < -0.39 is 32.7 Å². The van der Waals surface area contributed by atoms with Crippen LogP contribution >= 0.6 is 23.2 Å². The van der Waals surface area contributed by atoms with Gasteiger partial charge in [0.05, 0.1) is 26.1 Å². The third kappa shape index (κ3) is 4.47. The summed E-state index contributed by atoms with van der Waals surface area (Å²) in [6.45, 7) is 0. The fourth-order valence-corrected chi connectivity index (χ4v) is 3.17. The zero-order valence-electron chi connectivity index (χ0n) is 13.0. The molecule has 0 heterocycles. The van der Waals surface area contributed by atoms with E-state index in [0.717, 1.165) is 12.1 Å². The van der Waals surface area contributed by atoms with Gasteiger partial charge in [0.2, 0.25) is 10.0 Å². The summed E-state index contributed by atoms with van der Waals surface area (Å²) < 4.78 is 64.4. The number of benzene rings is 2. The maximum atomic E-state index is 12.9. The molecule has 0 aliphatic heterocycles. The summed E-state index contributed by atoms with van der Waals surface area (Å²) in [6.07, 6.45) is -4.70. The van der Waals surface area contributed by atoms with Gasteiger partial charge in [-0.05, 0) is 43.4 Å². The molecular weight excluding hydrogens is 416 g/mol. The lowest BCUT2D eigenvalue weighted by Gasteiger charge is -2.13. The second-order valence-corrected chi connectivity index (χ2v) is 7.70. The van der Waals surface area contributed by atoms with Crippen molar-refractivity contribution in [3.63, 3.8) is 0 Å². The van der Waals surface area contributed by atoms with Crippen molar-refractivity contribution in [1.82, 2.24) is 4.72 Å². The molecule has 0 unspecified atom stereocenters. The average Bonchev–Trinajstić information content (AvgIpc) is 2.55. The number of carbonyl (C=O) groups excluding carboxylic acids is 1. The second-order valence-electron chi connectivity index (χ2n) is 5.00. The summed E-state index contributed by atoms with van der Waals surface area (Å²) in [5.74, 6) is -0.876. The summed E-state index contributed by atoms with van der Waals surface area (Å²) in [6, 6.07) is 6.24. The maximum Gasteiger partial charge on any atom is 0.417 e. The van der Waals surface area contributed by atoms with Crippen LogP contribution in [0, 0.1) is 0 Å². The van der Waals surface area contributed by atoms with Crippen molar-refractivity contribution in [2.75, 3.05) is 12.4 Å². The highest BCUT2D eigenvalue weighted by molar-refractivity contribution is 7.89. The van der Waals surface area contributed by atoms with Crippen LogP contribution in [0.5, 0.6) is 0 Å². The summed E-state index contributed by atoms with van der Waals surface area (Å²) in [5, 5.41) is 1.65. The number of halogens is 5. The fraction of sp³-hybridized carbons (Fsp3) is 0.133. The Morgan fingerprint density at radius 2 is 1.65 bits per heavy atom. The molecule has 140 valence electrons. The Morgan fingerprint density at radius 1 is 1.04 bits per heavy atom. The fourth-order valence-electron chi connectivity index (χ4n) is 1.98. The summed E-state index contributed by atoms with van der Waals surface area (Å²) in [5.41, 5.74) is -1.51. The molecule has 0 fully saturated rings. The van der Waals surface area contributed by atoms with Crippen LogP contribution in [-0.2, 0) is 16.2 Å². The van der Waals surface area contributed by atoms with Crippen LogP contribution in [0.4, 0.5) is 18.9 Å². The van der Waals surface area contributed by atoms with Crippen molar-refractivity contribution in [2.45, 2.75) is 11.1 Å². The molecule has 0 radical (unpaired) electrons. The van der Waals surface area contributed by atoms with Gasteiger partial charge in [-0.2, -0.15) is 13.2 Å². The van der Waals surface area contributed by atoms with E-state index in [1.165, 1.54) is 25.2 Å². The SMILES string of the molecule is CNS(=O)(=O)c1ccc(Cl)c(C(=O)Nc2ccc(Cl)c(C(F)(F)F)c2)c1. The number of hydrogen-bond donors (Lipinski definition) is 2. The van der Waals surface area contributed by atoms with Gasteiger partial charge in [0.15, 0.2) is 0 Å². The molecule has 0 saturated carbocycles. The van der Waals surface area contributed by atoms with E-state index in [1.807, 2.05) is 0 Å². The minimum atomic E-state index is -4.70. The van der Waals surface area contributed by atoms with Crippen molar-refractivity contribution in [2.24, 2.45) is 0 Å². The van der Waals surface area contributed by atoms with Gasteiger partial charge in [-0.1, -0.05) is 23.2 Å². The highest BCUT2D eigenvalue weighted by Gasteiger charge is 2.33. The van der Waals surface area contributed by atoms with Crippen LogP contribution in [-0.4, -0.2) is 21.4 Å². The van der Waals surface area contributed by atoms with Gasteiger partial charge in [0, 0.05) is 5.69 Å². The minimum absolute atomic E-state index is 0.0671. The molecule has 0 saturated heterocycles. The third-order valence-corrected chi connectivity index (χ3v) is 5.36. The molecule has 26 heavy (non-hydrogen) atoms. The first-order valence-electron chi connectivity index (χ1n) is 6.87. The quantitative estimate of drug-likeness (QED) is 0.769. The van der Waals surface area contributed by atoms with Gasteiger partial charge in [-0.25, -0.2) is 13.1 Å². The predicted molar refractivity (Wildman–Crippen MR) is 92.1 cm³/mol. The largest absolute Gasteiger partial charge is 0.417 e. The van der Waals surface area contributed by atoms with Gasteiger partial charge < -0.3 is 5.32 Å². The third-order valence-electron chi connectivity index (χ3n) is 3.29. The lowest BCUT2D eigenvalue weighted by Crippen LogP contribution is -2.20. The van der Waals surface area contributed by atoms with Crippen LogP contribution < -0.4 is 10.0 Å². The number of sulfonamides is 1. The first-order valence-corrected chi connectivity index (χ1v) is 9.11. The normalized spacial score (nSPS) is 12.1. The maximum absolute atomic E-state index is 12.9. The molecule has 2 rings (SSSR count). The molecule has 11 heteroatoms. The van der Waals surface area contributed by atoms with Gasteiger partial charge in [0.25, 0.3) is 5.91 Å². The van der Waals surface area contributed by atoms with Crippen LogP contribution in [0.1, 0.15) is 15.9 Å². The summed E-state index contributed by atoms with van der Waals surface area (Å²) in [4.78, 5) is 12.1. The smallest absolute Gasteiger partial charge is 0.322 e. The number of nitrogens with one attached hydrogen (secondary N) is 2. The molecule has 0 atom stereocenters. The van der Waals surface area contributed by atoms with E-state index >= 15 is 0 Å². The van der Waals surface area contributed by atoms with Crippen molar-refractivity contribution >= 4 is 44.8 Å². The topological polar surface area (TPSA) is 75.3 Å². The van der Waals surface area contributed by atoms with E-state index in [0.29, 0.717) is 6.07 Å². The minimum Gasteiger partial charge on any atom is -0.322 e. The Hall–Kier alpha value is -1.81. The molecule has 0 aromatic heterocycles. The number of alkyl halides is 3. The number of carbonyl (C=O) groups is 1. The van der Waals surface area contributed by atoms with E-state index in [-0.39, 0.29) is 21.2 Å². The number of anilines is 1. The molecule has 1 amide bonds. The summed E-state index contributed by atoms with van der Waals surface area (Å²) >= 11 is 11.4. The monoisotopic (exact) mass is 426 g/mol. The Morgan fingerprint density at radius 3 is 2.23 bits per heavy atom. The van der Waals surface area contributed by atoms with E-state index in [9.17, 15) is 26.4 Å². The van der Waals surface area contributed by atoms with E-state index in [2.05, 4.69) is 10.0 Å². The van der Waals surface area contributed by atoms with Gasteiger partial charge in [-0.3, -0.25) is 4.79 Å². The molecular formula is C15H11Cl2F3N2O3S. The van der Waals surface area contributed by atoms with Crippen molar-refractivity contribution in [3.8, 4) is 0 Å². The van der Waals surface area contributed by atoms with Crippen molar-refractivity contribution in [1.29, 1.82) is 0 Å². The number of amides is 1. The van der Waals surface area contributed by atoms with Gasteiger partial charge in [-0.15, -0.1) is 0 Å². The first kappa shape index (κ1) is 20.5. The van der Waals surface area contributed by atoms with Crippen molar-refractivity contribution in [3.05, 3.63) is 57.6 Å². The van der Waals surface area contributed by atoms with E-state index in [4.69, 9.17) is 23.2 Å². The zero-order chi connectivity index (χ0) is 19.7. The van der Waals surface area contributed by atoms with Gasteiger partial charge >= 0.3 is 6.18 Å². The molecule has 0 spiro atoms. The highest BCUT2D eigenvalue weighted by atomic mass is 35.5. The first-order chi connectivity index (χ1) is 12.0. The molecule has 5 nitrogen and oxygen atoms in total. The molecule has 2 aromatic rings. The van der Waals surface area contributed by atoms with Crippen LogP contribution in [0.3, 0.4) is 0 Å². The Kier molecular flexibility index (Phi) is 5.86. The second kappa shape index (κ2) is 7.43. The lowest BCUT2D eigenvalue weighted by atomic mass is 10.1. The number of hydrogen-bond acceptors (Lipinski definition) is 3. The van der Waals surface area contributed by atoms with Crippen molar-refractivity contribution < 1.29 is 26.4 Å². The van der Waals surface area contributed by atoms with E-state index in [1.54, 1.807) is 0 Å².